The Balaban J connectivity index is 1.51. The molecule has 0 radical (unpaired) electrons. The standard InChI is InChI=1S/C28H28ClN3O3/c29-23-15-8-7-14-22(23)28(35)31-24(20-10-3-1-4-11-20)18-26(33)30-25(21-12-5-2-6-13-21)19-32-17-9-16-27(32)34/h1-8,10-15,24-25H,9,16-19H2,(H,30,33)(H,31,35). The number of carbonyl (C=O) groups is 3. The molecule has 2 N–H and O–H groups in total. The summed E-state index contributed by atoms with van der Waals surface area (Å²) >= 11 is 6.21. The lowest BCUT2D eigenvalue weighted by atomic mass is 10.0. The Bertz CT molecular complexity index is 1170. The van der Waals surface area contributed by atoms with Gasteiger partial charge in [-0.2, -0.15) is 0 Å². The van der Waals surface area contributed by atoms with Gasteiger partial charge in [0.25, 0.3) is 5.91 Å². The number of likely N-dealkylation sites (tertiary alicyclic amines) is 1. The van der Waals surface area contributed by atoms with E-state index in [0.29, 0.717) is 30.1 Å². The Morgan fingerprint density at radius 1 is 0.829 bits per heavy atom. The average molecular weight is 490 g/mol. The van der Waals surface area contributed by atoms with Crippen LogP contribution in [0, 0.1) is 0 Å². The van der Waals surface area contributed by atoms with Crippen molar-refractivity contribution in [2.75, 3.05) is 13.1 Å². The molecule has 0 bridgehead atoms. The molecule has 1 fully saturated rings. The van der Waals surface area contributed by atoms with Crippen LogP contribution in [0.3, 0.4) is 0 Å². The Hall–Kier alpha value is -3.64. The van der Waals surface area contributed by atoms with Crippen LogP contribution in [0.4, 0.5) is 0 Å². The van der Waals surface area contributed by atoms with Gasteiger partial charge in [-0.15, -0.1) is 0 Å². The lowest BCUT2D eigenvalue weighted by Crippen LogP contribution is -2.40. The Labute approximate surface area is 210 Å². The van der Waals surface area contributed by atoms with Crippen molar-refractivity contribution < 1.29 is 14.4 Å². The summed E-state index contributed by atoms with van der Waals surface area (Å²) in [6.07, 6.45) is 1.41. The van der Waals surface area contributed by atoms with Gasteiger partial charge in [0.2, 0.25) is 11.8 Å². The van der Waals surface area contributed by atoms with Crippen molar-refractivity contribution >= 4 is 29.3 Å². The molecule has 0 aromatic heterocycles. The molecule has 1 aliphatic rings. The number of benzene rings is 3. The summed E-state index contributed by atoms with van der Waals surface area (Å²) in [5.41, 5.74) is 2.09. The highest BCUT2D eigenvalue weighted by molar-refractivity contribution is 6.33. The molecule has 180 valence electrons. The second-order valence-corrected chi connectivity index (χ2v) is 9.00. The molecule has 1 saturated heterocycles. The summed E-state index contributed by atoms with van der Waals surface area (Å²) in [5, 5.41) is 6.41. The highest BCUT2D eigenvalue weighted by Gasteiger charge is 2.27. The average Bonchev–Trinajstić information content (AvgIpc) is 3.28. The SMILES string of the molecule is O=C(CC(NC(=O)c1ccccc1Cl)c1ccccc1)NC(CN1CCCC1=O)c1ccccc1. The maximum atomic E-state index is 13.3. The van der Waals surface area contributed by atoms with E-state index in [0.717, 1.165) is 17.5 Å². The maximum absolute atomic E-state index is 13.3. The number of nitrogens with one attached hydrogen (secondary N) is 2. The fourth-order valence-electron chi connectivity index (χ4n) is 4.29. The van der Waals surface area contributed by atoms with Crippen molar-refractivity contribution in [2.45, 2.75) is 31.3 Å². The van der Waals surface area contributed by atoms with Crippen LogP contribution in [0.25, 0.3) is 0 Å². The van der Waals surface area contributed by atoms with Gasteiger partial charge in [-0.3, -0.25) is 14.4 Å². The third-order valence-electron chi connectivity index (χ3n) is 6.13. The van der Waals surface area contributed by atoms with Crippen molar-refractivity contribution in [1.29, 1.82) is 0 Å². The van der Waals surface area contributed by atoms with Gasteiger partial charge in [-0.05, 0) is 29.7 Å². The summed E-state index contributed by atoms with van der Waals surface area (Å²) in [6, 6.07) is 24.9. The van der Waals surface area contributed by atoms with Gasteiger partial charge in [0, 0.05) is 19.5 Å². The summed E-state index contributed by atoms with van der Waals surface area (Å²) in [6.45, 7) is 1.11. The van der Waals surface area contributed by atoms with Crippen LogP contribution in [-0.4, -0.2) is 35.7 Å². The molecular formula is C28H28ClN3O3. The van der Waals surface area contributed by atoms with E-state index in [2.05, 4.69) is 10.6 Å². The third-order valence-corrected chi connectivity index (χ3v) is 6.46. The van der Waals surface area contributed by atoms with E-state index in [-0.39, 0.29) is 30.2 Å². The summed E-state index contributed by atoms with van der Waals surface area (Å²) in [4.78, 5) is 40.3. The Morgan fingerprint density at radius 3 is 2.03 bits per heavy atom. The van der Waals surface area contributed by atoms with Crippen LogP contribution >= 0.6 is 11.6 Å². The number of hydrogen-bond donors (Lipinski definition) is 2. The normalized spacial score (nSPS) is 14.9. The topological polar surface area (TPSA) is 78.5 Å². The number of hydrogen-bond acceptors (Lipinski definition) is 3. The number of halogens is 1. The predicted octanol–water partition coefficient (Wildman–Crippen LogP) is 4.68. The molecule has 2 unspecified atom stereocenters. The quantitative estimate of drug-likeness (QED) is 0.458. The molecular weight excluding hydrogens is 462 g/mol. The molecule has 6 nitrogen and oxygen atoms in total. The second-order valence-electron chi connectivity index (χ2n) is 8.59. The Kier molecular flexibility index (Phi) is 8.16. The van der Waals surface area contributed by atoms with Crippen LogP contribution in [-0.2, 0) is 9.59 Å². The number of carbonyl (C=O) groups excluding carboxylic acids is 3. The molecule has 35 heavy (non-hydrogen) atoms. The second kappa shape index (κ2) is 11.7. The van der Waals surface area contributed by atoms with Gasteiger partial charge < -0.3 is 15.5 Å². The first kappa shape index (κ1) is 24.5. The van der Waals surface area contributed by atoms with Crippen LogP contribution < -0.4 is 10.6 Å². The highest BCUT2D eigenvalue weighted by atomic mass is 35.5. The van der Waals surface area contributed by atoms with Gasteiger partial charge >= 0.3 is 0 Å². The molecule has 1 heterocycles. The minimum Gasteiger partial charge on any atom is -0.347 e. The van der Waals surface area contributed by atoms with Gasteiger partial charge in [-0.1, -0.05) is 84.4 Å². The zero-order valence-electron chi connectivity index (χ0n) is 19.3. The highest BCUT2D eigenvalue weighted by Crippen LogP contribution is 2.22. The maximum Gasteiger partial charge on any atom is 0.253 e. The molecule has 0 aliphatic carbocycles. The van der Waals surface area contributed by atoms with E-state index in [1.807, 2.05) is 60.7 Å². The molecule has 3 aromatic rings. The molecule has 3 amide bonds. The lowest BCUT2D eigenvalue weighted by Gasteiger charge is -2.26. The monoisotopic (exact) mass is 489 g/mol. The van der Waals surface area contributed by atoms with Crippen molar-refractivity contribution in [3.05, 3.63) is 107 Å². The first-order valence-electron chi connectivity index (χ1n) is 11.7. The molecule has 7 heteroatoms. The number of nitrogens with zero attached hydrogens (tertiary/aromatic N) is 1. The van der Waals surface area contributed by atoms with Gasteiger partial charge in [0.05, 0.1) is 29.1 Å². The smallest absolute Gasteiger partial charge is 0.253 e. The van der Waals surface area contributed by atoms with Crippen molar-refractivity contribution in [2.24, 2.45) is 0 Å². The van der Waals surface area contributed by atoms with Crippen LogP contribution in [0.1, 0.15) is 52.8 Å². The van der Waals surface area contributed by atoms with E-state index in [1.165, 1.54) is 0 Å². The fraction of sp³-hybridized carbons (Fsp3) is 0.250. The Morgan fingerprint density at radius 2 is 1.43 bits per heavy atom. The van der Waals surface area contributed by atoms with Gasteiger partial charge in [-0.25, -0.2) is 0 Å². The first-order chi connectivity index (χ1) is 17.0. The minimum atomic E-state index is -0.551. The number of amides is 3. The number of rotatable bonds is 9. The molecule has 2 atom stereocenters. The van der Waals surface area contributed by atoms with Crippen LogP contribution in [0.15, 0.2) is 84.9 Å². The van der Waals surface area contributed by atoms with Crippen molar-refractivity contribution in [3.8, 4) is 0 Å². The first-order valence-corrected chi connectivity index (χ1v) is 12.1. The van der Waals surface area contributed by atoms with E-state index in [4.69, 9.17) is 11.6 Å². The predicted molar refractivity (Wildman–Crippen MR) is 136 cm³/mol. The van der Waals surface area contributed by atoms with E-state index >= 15 is 0 Å². The molecule has 0 spiro atoms. The van der Waals surface area contributed by atoms with Crippen LogP contribution in [0.2, 0.25) is 5.02 Å². The molecule has 1 aliphatic heterocycles. The van der Waals surface area contributed by atoms with Gasteiger partial charge in [0.15, 0.2) is 0 Å². The summed E-state index contributed by atoms with van der Waals surface area (Å²) in [5.74, 6) is -0.465. The van der Waals surface area contributed by atoms with Crippen molar-refractivity contribution in [3.63, 3.8) is 0 Å². The van der Waals surface area contributed by atoms with Crippen LogP contribution in [0.5, 0.6) is 0 Å². The fourth-order valence-corrected chi connectivity index (χ4v) is 4.52. The van der Waals surface area contributed by atoms with Gasteiger partial charge in [0.1, 0.15) is 0 Å². The molecule has 3 aromatic carbocycles. The minimum absolute atomic E-state index is 0.0392. The largest absolute Gasteiger partial charge is 0.347 e. The summed E-state index contributed by atoms with van der Waals surface area (Å²) in [7, 11) is 0. The molecule has 4 rings (SSSR count). The third kappa shape index (κ3) is 6.49. The van der Waals surface area contributed by atoms with Crippen molar-refractivity contribution in [1.82, 2.24) is 15.5 Å². The van der Waals surface area contributed by atoms with E-state index < -0.39 is 6.04 Å². The van der Waals surface area contributed by atoms with E-state index in [9.17, 15) is 14.4 Å². The molecule has 0 saturated carbocycles. The van der Waals surface area contributed by atoms with E-state index in [1.54, 1.807) is 29.2 Å². The zero-order chi connectivity index (χ0) is 24.6. The zero-order valence-corrected chi connectivity index (χ0v) is 20.1. The summed E-state index contributed by atoms with van der Waals surface area (Å²) < 4.78 is 0. The lowest BCUT2D eigenvalue weighted by molar-refractivity contribution is -0.129.